The topological polar surface area (TPSA) is 78.9 Å². The van der Waals surface area contributed by atoms with Crippen LogP contribution in [0.4, 0.5) is 0 Å². The van der Waals surface area contributed by atoms with Gasteiger partial charge < -0.3 is 14.2 Å². The Bertz CT molecular complexity index is 1890. The van der Waals surface area contributed by atoms with E-state index < -0.39 is 6.10 Å². The molecule has 466 valence electrons. The van der Waals surface area contributed by atoms with E-state index in [1.54, 1.807) is 0 Å². The third kappa shape index (κ3) is 67.4. The fourth-order valence-corrected chi connectivity index (χ4v) is 8.76. The molecular weight excluding hydrogens is 1020 g/mol. The van der Waals surface area contributed by atoms with Gasteiger partial charge in [0, 0.05) is 19.3 Å². The lowest BCUT2D eigenvalue weighted by atomic mass is 10.1. The van der Waals surface area contributed by atoms with Gasteiger partial charge in [0.15, 0.2) is 6.10 Å². The van der Waals surface area contributed by atoms with Crippen molar-refractivity contribution < 1.29 is 28.6 Å². The van der Waals surface area contributed by atoms with Crippen molar-refractivity contribution in [2.75, 3.05) is 13.2 Å². The summed E-state index contributed by atoms with van der Waals surface area (Å²) >= 11 is 0. The van der Waals surface area contributed by atoms with Crippen molar-refractivity contribution in [3.05, 3.63) is 170 Å². The van der Waals surface area contributed by atoms with Crippen LogP contribution in [-0.4, -0.2) is 37.2 Å². The summed E-state index contributed by atoms with van der Waals surface area (Å²) in [7, 11) is 0. The molecule has 0 fully saturated rings. The minimum absolute atomic E-state index is 0.103. The Hall–Kier alpha value is -5.23. The summed E-state index contributed by atoms with van der Waals surface area (Å²) in [5, 5.41) is 0. The zero-order valence-electron chi connectivity index (χ0n) is 53.4. The summed E-state index contributed by atoms with van der Waals surface area (Å²) in [6.45, 7) is 6.36. The molecule has 0 aliphatic rings. The standard InChI is InChI=1S/C77H122O6/c1-4-7-10-13-16-19-22-24-26-28-30-32-33-34-35-36-37-38-39-40-41-42-43-45-46-48-50-52-55-58-61-64-67-70-76(79)82-73-74(72-81-75(78)69-66-63-60-57-54-21-18-15-12-9-6-3)83-77(80)71-68-65-62-59-56-53-51-49-47-44-31-29-27-25-23-20-17-14-11-8-5-2/h7-8,10-11,16-17,19-20,24-27,30-32,34-35,37-38,40-41,43-45,49,51,56,59,74H,4-6,9,12-15,18,21-23,28-29,33,36,39,42,46-48,50,52-55,57-58,60-73H2,1-3H3/b10-7-,11-8-,19-16-,20-17-,26-24-,27-25-,32-30-,35-34-,38-37-,41-40-,44-31-,45-43-,51-49-,59-56-. The van der Waals surface area contributed by atoms with Crippen LogP contribution in [0.5, 0.6) is 0 Å². The van der Waals surface area contributed by atoms with E-state index in [0.717, 1.165) is 148 Å². The number of unbranched alkanes of at least 4 members (excludes halogenated alkanes) is 20. The number of allylic oxidation sites excluding steroid dienone is 28. The molecule has 83 heavy (non-hydrogen) atoms. The molecule has 0 heterocycles. The molecule has 6 heteroatoms. The van der Waals surface area contributed by atoms with Gasteiger partial charge in [0.05, 0.1) is 0 Å². The molecule has 6 nitrogen and oxygen atoms in total. The van der Waals surface area contributed by atoms with E-state index in [4.69, 9.17) is 14.2 Å². The molecule has 0 saturated heterocycles. The SMILES string of the molecule is CC/C=C\C/C=C\C/C=C\C/C=C\C/C=C\C/C=C\C/C=C\C/C=C\CCCCCCCCCCC(=O)OCC(COC(=O)CCCCCCCCCCCCC)OC(=O)CCCC/C=C\C/C=C\C/C=C\C/C=C\C/C=C\C/C=C\CC. The summed E-state index contributed by atoms with van der Waals surface area (Å²) in [6, 6.07) is 0. The number of esters is 3. The minimum Gasteiger partial charge on any atom is -0.462 e. The smallest absolute Gasteiger partial charge is 0.306 e. The highest BCUT2D eigenvalue weighted by Crippen LogP contribution is 2.15. The van der Waals surface area contributed by atoms with Crippen molar-refractivity contribution in [2.24, 2.45) is 0 Å². The van der Waals surface area contributed by atoms with E-state index in [-0.39, 0.29) is 37.5 Å². The van der Waals surface area contributed by atoms with Crippen LogP contribution in [0.1, 0.15) is 278 Å². The lowest BCUT2D eigenvalue weighted by molar-refractivity contribution is -0.167. The van der Waals surface area contributed by atoms with Gasteiger partial charge in [-0.3, -0.25) is 14.4 Å². The summed E-state index contributed by atoms with van der Waals surface area (Å²) in [4.78, 5) is 38.3. The average molecular weight is 1140 g/mol. The monoisotopic (exact) mass is 1140 g/mol. The number of rotatable bonds is 59. The Balaban J connectivity index is 4.35. The van der Waals surface area contributed by atoms with Gasteiger partial charge in [-0.15, -0.1) is 0 Å². The van der Waals surface area contributed by atoms with E-state index >= 15 is 0 Å². The van der Waals surface area contributed by atoms with Gasteiger partial charge >= 0.3 is 17.9 Å². The molecule has 0 aromatic rings. The largest absolute Gasteiger partial charge is 0.462 e. The van der Waals surface area contributed by atoms with Crippen molar-refractivity contribution in [1.82, 2.24) is 0 Å². The number of hydrogen-bond donors (Lipinski definition) is 0. The van der Waals surface area contributed by atoms with Crippen LogP contribution in [0.2, 0.25) is 0 Å². The van der Waals surface area contributed by atoms with Crippen molar-refractivity contribution in [3.63, 3.8) is 0 Å². The lowest BCUT2D eigenvalue weighted by Gasteiger charge is -2.18. The Labute approximate surface area is 511 Å². The Morgan fingerprint density at radius 1 is 0.253 bits per heavy atom. The first-order valence-corrected chi connectivity index (χ1v) is 33.6. The molecule has 1 unspecified atom stereocenters. The summed E-state index contributed by atoms with van der Waals surface area (Å²) in [5.74, 6) is -0.958. The summed E-state index contributed by atoms with van der Waals surface area (Å²) in [5.41, 5.74) is 0. The second kappa shape index (κ2) is 69.3. The van der Waals surface area contributed by atoms with Crippen LogP contribution >= 0.6 is 0 Å². The summed E-state index contributed by atoms with van der Waals surface area (Å²) < 4.78 is 16.9. The van der Waals surface area contributed by atoms with Crippen molar-refractivity contribution in [2.45, 2.75) is 284 Å². The molecule has 0 bridgehead atoms. The zero-order valence-corrected chi connectivity index (χ0v) is 53.4. The van der Waals surface area contributed by atoms with Gasteiger partial charge in [-0.05, 0) is 135 Å². The first kappa shape index (κ1) is 77.8. The number of carbonyl (C=O) groups excluding carboxylic acids is 3. The maximum Gasteiger partial charge on any atom is 0.306 e. The molecule has 0 N–H and O–H groups in total. The fraction of sp³-hybridized carbons (Fsp3) is 0.597. The number of ether oxygens (including phenoxy) is 3. The molecule has 0 aliphatic carbocycles. The normalized spacial score (nSPS) is 13.2. The van der Waals surface area contributed by atoms with Gasteiger partial charge in [-0.2, -0.15) is 0 Å². The van der Waals surface area contributed by atoms with Crippen molar-refractivity contribution in [1.29, 1.82) is 0 Å². The first-order chi connectivity index (χ1) is 41.0. The summed E-state index contributed by atoms with van der Waals surface area (Å²) in [6.07, 6.45) is 102. The molecular formula is C77H122O6. The van der Waals surface area contributed by atoms with E-state index in [0.29, 0.717) is 19.3 Å². The van der Waals surface area contributed by atoms with E-state index in [2.05, 4.69) is 191 Å². The van der Waals surface area contributed by atoms with E-state index in [1.807, 2.05) is 0 Å². The molecule has 0 spiro atoms. The molecule has 0 aromatic heterocycles. The molecule has 0 rings (SSSR count). The van der Waals surface area contributed by atoms with Gasteiger partial charge in [-0.1, -0.05) is 294 Å². The van der Waals surface area contributed by atoms with Gasteiger partial charge in [0.25, 0.3) is 0 Å². The second-order valence-corrected chi connectivity index (χ2v) is 21.6. The van der Waals surface area contributed by atoms with Crippen LogP contribution in [0.3, 0.4) is 0 Å². The molecule has 0 aromatic carbocycles. The predicted molar refractivity (Wildman–Crippen MR) is 361 cm³/mol. The Morgan fingerprint density at radius 3 is 0.759 bits per heavy atom. The maximum absolute atomic E-state index is 12.9. The molecule has 0 amide bonds. The lowest BCUT2D eigenvalue weighted by Crippen LogP contribution is -2.30. The van der Waals surface area contributed by atoms with Gasteiger partial charge in [0.1, 0.15) is 13.2 Å². The fourth-order valence-electron chi connectivity index (χ4n) is 8.76. The first-order valence-electron chi connectivity index (χ1n) is 33.6. The highest BCUT2D eigenvalue weighted by atomic mass is 16.6. The third-order valence-electron chi connectivity index (χ3n) is 13.7. The van der Waals surface area contributed by atoms with E-state index in [1.165, 1.54) is 83.5 Å². The number of hydrogen-bond acceptors (Lipinski definition) is 6. The van der Waals surface area contributed by atoms with E-state index in [9.17, 15) is 14.4 Å². The van der Waals surface area contributed by atoms with Gasteiger partial charge in [-0.25, -0.2) is 0 Å². The van der Waals surface area contributed by atoms with Crippen LogP contribution in [0, 0.1) is 0 Å². The van der Waals surface area contributed by atoms with Crippen LogP contribution in [0.15, 0.2) is 170 Å². The van der Waals surface area contributed by atoms with Crippen molar-refractivity contribution in [3.8, 4) is 0 Å². The van der Waals surface area contributed by atoms with Crippen LogP contribution in [0.25, 0.3) is 0 Å². The molecule has 0 saturated carbocycles. The van der Waals surface area contributed by atoms with Crippen molar-refractivity contribution >= 4 is 17.9 Å². The quantitative estimate of drug-likeness (QED) is 0.0261. The average Bonchev–Trinajstić information content (AvgIpc) is 3.48. The maximum atomic E-state index is 12.9. The number of carbonyl (C=O) groups is 3. The van der Waals surface area contributed by atoms with Crippen LogP contribution < -0.4 is 0 Å². The van der Waals surface area contributed by atoms with Gasteiger partial charge in [0.2, 0.25) is 0 Å². The highest BCUT2D eigenvalue weighted by molar-refractivity contribution is 5.71. The molecule has 0 radical (unpaired) electrons. The Kier molecular flexibility index (Phi) is 64.9. The molecule has 0 aliphatic heterocycles. The highest BCUT2D eigenvalue weighted by Gasteiger charge is 2.19. The zero-order chi connectivity index (χ0) is 59.9. The second-order valence-electron chi connectivity index (χ2n) is 21.6. The minimum atomic E-state index is -0.812. The predicted octanol–water partition coefficient (Wildman–Crippen LogP) is 23.4. The third-order valence-corrected chi connectivity index (χ3v) is 13.7. The van der Waals surface area contributed by atoms with Crippen LogP contribution in [-0.2, 0) is 28.6 Å². The Morgan fingerprint density at radius 2 is 0.470 bits per heavy atom. The molecule has 1 atom stereocenters.